The van der Waals surface area contributed by atoms with E-state index in [1.807, 2.05) is 0 Å². The number of hydrogen-bond donors (Lipinski definition) is 2. The van der Waals surface area contributed by atoms with Gasteiger partial charge in [-0.1, -0.05) is 0 Å². The van der Waals surface area contributed by atoms with Crippen LogP contribution in [0.2, 0.25) is 0 Å². The number of piperazine rings is 1. The lowest BCUT2D eigenvalue weighted by Gasteiger charge is -2.19. The van der Waals surface area contributed by atoms with Gasteiger partial charge in [-0.25, -0.2) is 0 Å². The van der Waals surface area contributed by atoms with Crippen LogP contribution in [0.15, 0.2) is 0 Å². The van der Waals surface area contributed by atoms with Gasteiger partial charge in [-0.15, -0.1) is 12.4 Å². The molecule has 0 amide bonds. The van der Waals surface area contributed by atoms with Gasteiger partial charge in [-0.2, -0.15) is 0 Å². The summed E-state index contributed by atoms with van der Waals surface area (Å²) < 4.78 is 0. The predicted molar refractivity (Wildman–Crippen MR) is 37.6 cm³/mol. The zero-order chi connectivity index (χ0) is 5.11. The topological polar surface area (TPSA) is 24.1 Å². The van der Waals surface area contributed by atoms with Crippen LogP contribution in [0.3, 0.4) is 0 Å². The lowest BCUT2D eigenvalue weighted by Crippen LogP contribution is -2.46. The van der Waals surface area contributed by atoms with Crippen LogP contribution in [-0.2, 0) is 0 Å². The van der Waals surface area contributed by atoms with Gasteiger partial charge in [0.05, 0.1) is 0 Å². The Bertz CT molecular complexity index is 52.4. The van der Waals surface area contributed by atoms with Crippen LogP contribution in [0.1, 0.15) is 6.92 Å². The first-order valence-electron chi connectivity index (χ1n) is 2.83. The second-order valence-electron chi connectivity index (χ2n) is 2.06. The fourth-order valence-corrected chi connectivity index (χ4v) is 0.798. The maximum absolute atomic E-state index is 3.32. The Morgan fingerprint density at radius 1 is 1.38 bits per heavy atom. The molecule has 50 valence electrons. The second kappa shape index (κ2) is 4.13. The summed E-state index contributed by atoms with van der Waals surface area (Å²) in [5.74, 6) is 0. The van der Waals surface area contributed by atoms with Crippen molar-refractivity contribution in [1.82, 2.24) is 10.6 Å². The van der Waals surface area contributed by atoms with E-state index in [-0.39, 0.29) is 12.4 Å². The molecule has 0 aromatic heterocycles. The van der Waals surface area contributed by atoms with E-state index in [4.69, 9.17) is 0 Å². The van der Waals surface area contributed by atoms with Gasteiger partial charge >= 0.3 is 0 Å². The van der Waals surface area contributed by atoms with E-state index in [9.17, 15) is 0 Å². The van der Waals surface area contributed by atoms with Crippen molar-refractivity contribution in [2.75, 3.05) is 19.6 Å². The van der Waals surface area contributed by atoms with Crippen molar-refractivity contribution in [3.05, 3.63) is 0 Å². The fraction of sp³-hybridized carbons (Fsp3) is 1.00. The molecule has 1 atom stereocenters. The molecule has 1 heterocycles. The normalized spacial score (nSPS) is 28.9. The molecule has 0 unspecified atom stereocenters. The van der Waals surface area contributed by atoms with E-state index in [2.05, 4.69) is 17.6 Å². The van der Waals surface area contributed by atoms with Gasteiger partial charge in [-0.05, 0) is 6.92 Å². The van der Waals surface area contributed by atoms with E-state index >= 15 is 0 Å². The predicted octanol–water partition coefficient (Wildman–Crippen LogP) is -0.0105. The maximum Gasteiger partial charge on any atom is 0.0164 e. The average molecular weight is 137 g/mol. The summed E-state index contributed by atoms with van der Waals surface area (Å²) in [6.45, 7) is 5.57. The van der Waals surface area contributed by atoms with Gasteiger partial charge in [0, 0.05) is 25.7 Å². The van der Waals surface area contributed by atoms with Crippen LogP contribution < -0.4 is 10.6 Å². The first-order valence-corrected chi connectivity index (χ1v) is 2.83. The van der Waals surface area contributed by atoms with Gasteiger partial charge < -0.3 is 10.6 Å². The molecule has 0 radical (unpaired) electrons. The van der Waals surface area contributed by atoms with Crippen molar-refractivity contribution < 1.29 is 0 Å². The van der Waals surface area contributed by atoms with Gasteiger partial charge in [0.1, 0.15) is 0 Å². The molecule has 1 rings (SSSR count). The van der Waals surface area contributed by atoms with Crippen molar-refractivity contribution in [2.24, 2.45) is 0 Å². The molecule has 8 heavy (non-hydrogen) atoms. The second-order valence-corrected chi connectivity index (χ2v) is 2.06. The van der Waals surface area contributed by atoms with Crippen LogP contribution in [-0.4, -0.2) is 25.7 Å². The summed E-state index contributed by atoms with van der Waals surface area (Å²) in [6.07, 6.45) is 0. The Labute approximate surface area is 56.4 Å². The molecule has 0 aromatic carbocycles. The van der Waals surface area contributed by atoms with E-state index in [1.165, 1.54) is 0 Å². The molecule has 1 fully saturated rings. The number of rotatable bonds is 0. The summed E-state index contributed by atoms with van der Waals surface area (Å²) in [5, 5.41) is 6.59. The fourth-order valence-electron chi connectivity index (χ4n) is 0.798. The molecule has 1 aliphatic rings. The largest absolute Gasteiger partial charge is 0.314 e. The third-order valence-electron chi connectivity index (χ3n) is 1.25. The highest BCUT2D eigenvalue weighted by molar-refractivity contribution is 5.85. The van der Waals surface area contributed by atoms with Crippen LogP contribution in [0.4, 0.5) is 0 Å². The Hall–Kier alpha value is 0.210. The summed E-state index contributed by atoms with van der Waals surface area (Å²) in [6, 6.07) is 0.675. The molecule has 1 aliphatic heterocycles. The summed E-state index contributed by atoms with van der Waals surface area (Å²) >= 11 is 0. The lowest BCUT2D eigenvalue weighted by molar-refractivity contribution is 0.442. The first kappa shape index (κ1) is 8.21. The van der Waals surface area contributed by atoms with Gasteiger partial charge in [0.25, 0.3) is 0 Å². The van der Waals surface area contributed by atoms with E-state index in [0.717, 1.165) is 19.6 Å². The number of halogens is 1. The maximum atomic E-state index is 3.32. The van der Waals surface area contributed by atoms with Crippen molar-refractivity contribution >= 4 is 12.4 Å². The molecule has 2 nitrogen and oxygen atoms in total. The Kier molecular flexibility index (Phi) is 4.23. The molecule has 3 heteroatoms. The highest BCUT2D eigenvalue weighted by Crippen LogP contribution is 1.80. The van der Waals surface area contributed by atoms with Gasteiger partial charge in [-0.3, -0.25) is 0 Å². The molecule has 0 saturated carbocycles. The minimum absolute atomic E-state index is 0. The summed E-state index contributed by atoms with van der Waals surface area (Å²) in [4.78, 5) is 0. The van der Waals surface area contributed by atoms with Crippen molar-refractivity contribution in [3.8, 4) is 0 Å². The van der Waals surface area contributed by atoms with E-state index in [1.54, 1.807) is 0 Å². The highest BCUT2D eigenvalue weighted by Gasteiger charge is 2.03. The minimum atomic E-state index is 0. The van der Waals surface area contributed by atoms with Crippen LogP contribution in [0.25, 0.3) is 0 Å². The zero-order valence-corrected chi connectivity index (χ0v) is 5.92. The van der Waals surface area contributed by atoms with Crippen molar-refractivity contribution in [2.45, 2.75) is 13.0 Å². The lowest BCUT2D eigenvalue weighted by atomic mass is 10.3. The summed E-state index contributed by atoms with van der Waals surface area (Å²) in [7, 11) is 0. The Morgan fingerprint density at radius 3 is 2.38 bits per heavy atom. The minimum Gasteiger partial charge on any atom is -0.314 e. The molecule has 0 aliphatic carbocycles. The molecular weight excluding hydrogens is 124 g/mol. The molecule has 0 aromatic rings. The standard InChI is InChI=1S/C5H12N2.ClH/c1-5-4-6-2-3-7-5;/h5-7H,2-4H2,1H3;1H/t5-;/m1./s1. The van der Waals surface area contributed by atoms with Gasteiger partial charge in [0.2, 0.25) is 0 Å². The monoisotopic (exact) mass is 136 g/mol. The van der Waals surface area contributed by atoms with Crippen molar-refractivity contribution in [1.29, 1.82) is 0 Å². The number of hydrogen-bond acceptors (Lipinski definition) is 2. The molecular formula is C5H13ClN2. The van der Waals surface area contributed by atoms with Crippen LogP contribution in [0, 0.1) is 0 Å². The van der Waals surface area contributed by atoms with Gasteiger partial charge in [0.15, 0.2) is 0 Å². The number of nitrogens with one attached hydrogen (secondary N) is 2. The van der Waals surface area contributed by atoms with Crippen molar-refractivity contribution in [3.63, 3.8) is 0 Å². The third kappa shape index (κ3) is 2.50. The Balaban J connectivity index is 0.000000490. The molecule has 0 spiro atoms. The molecule has 1 saturated heterocycles. The smallest absolute Gasteiger partial charge is 0.0164 e. The quantitative estimate of drug-likeness (QED) is 0.490. The van der Waals surface area contributed by atoms with E-state index in [0.29, 0.717) is 6.04 Å². The Morgan fingerprint density at radius 2 is 2.12 bits per heavy atom. The summed E-state index contributed by atoms with van der Waals surface area (Å²) in [5.41, 5.74) is 0. The molecule has 2 N–H and O–H groups in total. The van der Waals surface area contributed by atoms with Crippen LogP contribution >= 0.6 is 12.4 Å². The zero-order valence-electron chi connectivity index (χ0n) is 5.11. The first-order chi connectivity index (χ1) is 3.39. The highest BCUT2D eigenvalue weighted by atomic mass is 35.5. The van der Waals surface area contributed by atoms with Crippen LogP contribution in [0.5, 0.6) is 0 Å². The molecule has 0 bridgehead atoms. The van der Waals surface area contributed by atoms with E-state index < -0.39 is 0 Å². The third-order valence-corrected chi connectivity index (χ3v) is 1.25. The average Bonchev–Trinajstić information content (AvgIpc) is 1.69. The SMILES string of the molecule is C[C@@H]1CNCCN1.Cl.